The number of hydrogen-bond donors (Lipinski definition) is 1. The van der Waals surface area contributed by atoms with E-state index in [1.165, 1.54) is 4.88 Å². The van der Waals surface area contributed by atoms with E-state index >= 15 is 0 Å². The molecule has 6 nitrogen and oxygen atoms in total. The lowest BCUT2D eigenvalue weighted by molar-refractivity contribution is -0.192. The summed E-state index contributed by atoms with van der Waals surface area (Å²) < 4.78 is 37.0. The summed E-state index contributed by atoms with van der Waals surface area (Å²) in [6.45, 7) is 2.50. The highest BCUT2D eigenvalue weighted by Crippen LogP contribution is 2.15. The van der Waals surface area contributed by atoms with Crippen molar-refractivity contribution in [2.24, 2.45) is 0 Å². The summed E-state index contributed by atoms with van der Waals surface area (Å²) in [6.07, 6.45) is -2.19. The highest BCUT2D eigenvalue weighted by Gasteiger charge is 2.38. The SMILES string of the molecule is Cc1ncsc1CCC(=O)N(C)Cc1ccco1.O=C(O)C(F)(F)F. The molecular weight excluding hydrogens is 361 g/mol. The standard InChI is InChI=1S/C13H16N2O2S.C2HF3O2/c1-10-12(18-9-14-10)5-6-13(16)15(2)8-11-4-3-7-17-11;3-2(4,5)1(6)7/h3-4,7,9H,5-6,8H2,1-2H3;(H,6,7). The number of rotatable bonds is 5. The quantitative estimate of drug-likeness (QED) is 0.863. The van der Waals surface area contributed by atoms with Crippen molar-refractivity contribution in [3.8, 4) is 0 Å². The number of hydrogen-bond acceptors (Lipinski definition) is 5. The van der Waals surface area contributed by atoms with Crippen molar-refractivity contribution >= 4 is 23.2 Å². The third-order valence-corrected chi connectivity index (χ3v) is 4.05. The monoisotopic (exact) mass is 378 g/mol. The molecule has 2 rings (SSSR count). The third kappa shape index (κ3) is 7.38. The zero-order valence-corrected chi connectivity index (χ0v) is 14.4. The van der Waals surface area contributed by atoms with Gasteiger partial charge in [-0.2, -0.15) is 13.2 Å². The van der Waals surface area contributed by atoms with Gasteiger partial charge in [-0.25, -0.2) is 9.78 Å². The molecule has 10 heteroatoms. The van der Waals surface area contributed by atoms with E-state index in [0.717, 1.165) is 17.9 Å². The van der Waals surface area contributed by atoms with E-state index in [2.05, 4.69) is 4.98 Å². The largest absolute Gasteiger partial charge is 0.490 e. The summed E-state index contributed by atoms with van der Waals surface area (Å²) in [6, 6.07) is 3.70. The maximum absolute atomic E-state index is 11.9. The zero-order valence-electron chi connectivity index (χ0n) is 13.5. The second kappa shape index (κ2) is 9.21. The van der Waals surface area contributed by atoms with Gasteiger partial charge in [-0.05, 0) is 25.5 Å². The zero-order chi connectivity index (χ0) is 19.0. The molecule has 0 fully saturated rings. The van der Waals surface area contributed by atoms with Gasteiger partial charge in [0.2, 0.25) is 5.91 Å². The average molecular weight is 378 g/mol. The van der Waals surface area contributed by atoms with E-state index in [1.807, 2.05) is 24.6 Å². The molecule has 2 aromatic heterocycles. The van der Waals surface area contributed by atoms with Gasteiger partial charge < -0.3 is 14.4 Å². The van der Waals surface area contributed by atoms with Crippen LogP contribution in [-0.4, -0.2) is 40.1 Å². The van der Waals surface area contributed by atoms with Crippen LogP contribution >= 0.6 is 11.3 Å². The summed E-state index contributed by atoms with van der Waals surface area (Å²) in [4.78, 5) is 27.9. The molecule has 0 bridgehead atoms. The summed E-state index contributed by atoms with van der Waals surface area (Å²) >= 11 is 1.61. The summed E-state index contributed by atoms with van der Waals surface area (Å²) in [5, 5.41) is 7.12. The number of amides is 1. The Morgan fingerprint density at radius 1 is 1.40 bits per heavy atom. The number of carbonyl (C=O) groups excluding carboxylic acids is 1. The molecule has 0 atom stereocenters. The number of carbonyl (C=O) groups is 2. The molecule has 0 aromatic carbocycles. The van der Waals surface area contributed by atoms with Gasteiger partial charge in [0, 0.05) is 18.3 Å². The molecule has 0 spiro atoms. The molecule has 138 valence electrons. The van der Waals surface area contributed by atoms with Gasteiger partial charge in [0.15, 0.2) is 0 Å². The molecule has 0 unspecified atom stereocenters. The molecular formula is C15H17F3N2O4S. The molecule has 0 radical (unpaired) electrons. The topological polar surface area (TPSA) is 83.6 Å². The Bertz CT molecular complexity index is 683. The van der Waals surface area contributed by atoms with Gasteiger partial charge in [-0.3, -0.25) is 4.79 Å². The highest BCUT2D eigenvalue weighted by molar-refractivity contribution is 7.09. The van der Waals surface area contributed by atoms with Crippen molar-refractivity contribution in [3.63, 3.8) is 0 Å². The van der Waals surface area contributed by atoms with Crippen molar-refractivity contribution in [2.75, 3.05) is 7.05 Å². The summed E-state index contributed by atoms with van der Waals surface area (Å²) in [7, 11) is 1.80. The van der Waals surface area contributed by atoms with Crippen LogP contribution in [0.4, 0.5) is 13.2 Å². The number of thiazole rings is 1. The lowest BCUT2D eigenvalue weighted by Crippen LogP contribution is -2.26. The maximum Gasteiger partial charge on any atom is 0.490 e. The fourth-order valence-corrected chi connectivity index (χ4v) is 2.48. The number of carboxylic acid groups (broad SMARTS) is 1. The van der Waals surface area contributed by atoms with E-state index in [1.54, 1.807) is 29.5 Å². The minimum absolute atomic E-state index is 0.124. The molecule has 1 amide bonds. The fourth-order valence-electron chi connectivity index (χ4n) is 1.70. The molecule has 2 aromatic rings. The Morgan fingerprint density at radius 3 is 2.48 bits per heavy atom. The number of furan rings is 1. The van der Waals surface area contributed by atoms with Crippen LogP contribution in [0, 0.1) is 6.92 Å². The van der Waals surface area contributed by atoms with Crippen molar-refractivity contribution in [1.29, 1.82) is 0 Å². The van der Waals surface area contributed by atoms with Crippen molar-refractivity contribution in [3.05, 3.63) is 40.2 Å². The Morgan fingerprint density at radius 2 is 2.04 bits per heavy atom. The molecule has 0 aliphatic carbocycles. The smallest absolute Gasteiger partial charge is 0.475 e. The Balaban J connectivity index is 0.000000381. The number of aryl methyl sites for hydroxylation is 2. The second-order valence-electron chi connectivity index (χ2n) is 4.99. The van der Waals surface area contributed by atoms with Crippen LogP contribution in [-0.2, 0) is 22.6 Å². The molecule has 0 saturated heterocycles. The summed E-state index contributed by atoms with van der Waals surface area (Å²) in [5.74, 6) is -1.83. The molecule has 0 aliphatic rings. The first-order valence-electron chi connectivity index (χ1n) is 7.06. The van der Waals surface area contributed by atoms with Gasteiger partial charge >= 0.3 is 12.1 Å². The predicted octanol–water partition coefficient (Wildman–Crippen LogP) is 3.27. The summed E-state index contributed by atoms with van der Waals surface area (Å²) in [5.41, 5.74) is 2.85. The van der Waals surface area contributed by atoms with Crippen LogP contribution in [0.2, 0.25) is 0 Å². The normalized spacial score (nSPS) is 10.8. The number of halogens is 3. The average Bonchev–Trinajstić information content (AvgIpc) is 3.16. The second-order valence-corrected chi connectivity index (χ2v) is 5.93. The van der Waals surface area contributed by atoms with Gasteiger partial charge in [0.25, 0.3) is 0 Å². The van der Waals surface area contributed by atoms with Gasteiger partial charge in [-0.15, -0.1) is 11.3 Å². The van der Waals surface area contributed by atoms with Crippen molar-refractivity contribution in [2.45, 2.75) is 32.5 Å². The minimum atomic E-state index is -5.08. The van der Waals surface area contributed by atoms with Crippen LogP contribution in [0.25, 0.3) is 0 Å². The first-order chi connectivity index (χ1) is 11.6. The first-order valence-corrected chi connectivity index (χ1v) is 7.94. The lowest BCUT2D eigenvalue weighted by atomic mass is 10.2. The number of nitrogens with zero attached hydrogens (tertiary/aromatic N) is 2. The van der Waals surface area contributed by atoms with Crippen LogP contribution in [0.5, 0.6) is 0 Å². The van der Waals surface area contributed by atoms with E-state index in [9.17, 15) is 18.0 Å². The molecule has 1 N–H and O–H groups in total. The van der Waals surface area contributed by atoms with E-state index < -0.39 is 12.1 Å². The van der Waals surface area contributed by atoms with E-state index in [0.29, 0.717) is 13.0 Å². The van der Waals surface area contributed by atoms with Gasteiger partial charge in [0.1, 0.15) is 5.76 Å². The maximum atomic E-state index is 11.9. The van der Waals surface area contributed by atoms with Crippen LogP contribution < -0.4 is 0 Å². The van der Waals surface area contributed by atoms with Crippen molar-refractivity contribution < 1.29 is 32.3 Å². The minimum Gasteiger partial charge on any atom is -0.475 e. The Hall–Kier alpha value is -2.36. The van der Waals surface area contributed by atoms with E-state index in [-0.39, 0.29) is 5.91 Å². The molecule has 25 heavy (non-hydrogen) atoms. The Kier molecular flexibility index (Phi) is 7.62. The van der Waals surface area contributed by atoms with Crippen LogP contribution in [0.3, 0.4) is 0 Å². The number of aliphatic carboxylic acids is 1. The number of carboxylic acids is 1. The molecule has 2 heterocycles. The first kappa shape index (κ1) is 20.7. The number of alkyl halides is 3. The third-order valence-electron chi connectivity index (χ3n) is 3.05. The van der Waals surface area contributed by atoms with Crippen molar-refractivity contribution in [1.82, 2.24) is 9.88 Å². The molecule has 0 saturated carbocycles. The van der Waals surface area contributed by atoms with Gasteiger partial charge in [0.05, 0.1) is 24.0 Å². The predicted molar refractivity (Wildman–Crippen MR) is 84.0 cm³/mol. The van der Waals surface area contributed by atoms with Crippen LogP contribution in [0.15, 0.2) is 28.3 Å². The number of aromatic nitrogens is 1. The molecule has 0 aliphatic heterocycles. The highest BCUT2D eigenvalue weighted by atomic mass is 32.1. The lowest BCUT2D eigenvalue weighted by Gasteiger charge is -2.15. The van der Waals surface area contributed by atoms with Crippen LogP contribution in [0.1, 0.15) is 22.8 Å². The van der Waals surface area contributed by atoms with Gasteiger partial charge in [-0.1, -0.05) is 0 Å². The Labute approximate surface area is 145 Å². The fraction of sp³-hybridized carbons (Fsp3) is 0.400. The van der Waals surface area contributed by atoms with E-state index in [4.69, 9.17) is 14.3 Å².